The normalized spacial score (nSPS) is 13.2. The molecule has 0 aromatic heterocycles. The van der Waals surface area contributed by atoms with Gasteiger partial charge in [0.15, 0.2) is 0 Å². The summed E-state index contributed by atoms with van der Waals surface area (Å²) in [7, 11) is 0. The van der Waals surface area contributed by atoms with Crippen LogP contribution in [-0.2, 0) is 20.8 Å². The third-order valence-corrected chi connectivity index (χ3v) is 4.17. The Bertz CT molecular complexity index is 816. The third-order valence-electron chi connectivity index (χ3n) is 4.17. The van der Waals surface area contributed by atoms with E-state index in [1.807, 2.05) is 42.5 Å². The zero-order valence-electron chi connectivity index (χ0n) is 15.2. The van der Waals surface area contributed by atoms with Gasteiger partial charge in [-0.1, -0.05) is 56.3 Å². The predicted molar refractivity (Wildman–Crippen MR) is 99.7 cm³/mol. The first-order chi connectivity index (χ1) is 12.3. The second-order valence-corrected chi connectivity index (χ2v) is 6.72. The van der Waals surface area contributed by atoms with E-state index in [2.05, 4.69) is 10.6 Å². The Labute approximate surface area is 152 Å². The number of amides is 2. The minimum atomic E-state index is -1.12. The van der Waals surface area contributed by atoms with Gasteiger partial charge in [0.05, 0.1) is 6.42 Å². The summed E-state index contributed by atoms with van der Waals surface area (Å²) >= 11 is 0. The van der Waals surface area contributed by atoms with E-state index in [-0.39, 0.29) is 18.2 Å². The number of carboxylic acids is 1. The lowest BCUT2D eigenvalue weighted by Gasteiger charge is -2.23. The van der Waals surface area contributed by atoms with Crippen LogP contribution in [0.2, 0.25) is 0 Å². The number of hydrogen-bond donors (Lipinski definition) is 3. The molecule has 2 rings (SSSR count). The number of carbonyl (C=O) groups excluding carboxylic acids is 2. The fourth-order valence-corrected chi connectivity index (χ4v) is 2.66. The highest BCUT2D eigenvalue weighted by molar-refractivity contribution is 5.91. The zero-order chi connectivity index (χ0) is 19.3. The van der Waals surface area contributed by atoms with Gasteiger partial charge in [0.1, 0.15) is 12.1 Å². The molecule has 26 heavy (non-hydrogen) atoms. The number of rotatable bonds is 7. The lowest BCUT2D eigenvalue weighted by molar-refractivity contribution is -0.141. The lowest BCUT2D eigenvalue weighted by Crippen LogP contribution is -2.53. The van der Waals surface area contributed by atoms with E-state index >= 15 is 0 Å². The predicted octanol–water partition coefficient (Wildman–Crippen LogP) is 2.11. The van der Waals surface area contributed by atoms with E-state index in [1.54, 1.807) is 13.8 Å². The van der Waals surface area contributed by atoms with Crippen molar-refractivity contribution < 1.29 is 19.5 Å². The molecule has 0 bridgehead atoms. The number of carboxylic acid groups (broad SMARTS) is 1. The van der Waals surface area contributed by atoms with Crippen LogP contribution in [0.5, 0.6) is 0 Å². The summed E-state index contributed by atoms with van der Waals surface area (Å²) < 4.78 is 0. The molecule has 2 aromatic carbocycles. The second kappa shape index (κ2) is 8.47. The lowest BCUT2D eigenvalue weighted by atomic mass is 10.0. The van der Waals surface area contributed by atoms with Crippen molar-refractivity contribution >= 4 is 28.6 Å². The summed E-state index contributed by atoms with van der Waals surface area (Å²) in [5.41, 5.74) is 0.850. The molecule has 0 aliphatic rings. The van der Waals surface area contributed by atoms with Gasteiger partial charge in [0.2, 0.25) is 11.8 Å². The highest BCUT2D eigenvalue weighted by atomic mass is 16.4. The van der Waals surface area contributed by atoms with Crippen LogP contribution in [0.1, 0.15) is 26.3 Å². The van der Waals surface area contributed by atoms with Crippen molar-refractivity contribution in [1.29, 1.82) is 0 Å². The Balaban J connectivity index is 2.04. The summed E-state index contributed by atoms with van der Waals surface area (Å²) in [5, 5.41) is 16.2. The number of aliphatic carboxylic acids is 1. The molecular formula is C20H24N2O4. The average molecular weight is 356 g/mol. The maximum atomic E-state index is 12.4. The van der Waals surface area contributed by atoms with E-state index in [0.29, 0.717) is 0 Å². The maximum absolute atomic E-state index is 12.4. The van der Waals surface area contributed by atoms with Crippen LogP contribution in [0.3, 0.4) is 0 Å². The van der Waals surface area contributed by atoms with Gasteiger partial charge in [-0.25, -0.2) is 0 Å². The minimum absolute atomic E-state index is 0.149. The molecule has 0 heterocycles. The van der Waals surface area contributed by atoms with Crippen molar-refractivity contribution in [2.45, 2.75) is 39.3 Å². The molecule has 0 fully saturated rings. The molecule has 2 amide bonds. The molecule has 2 unspecified atom stereocenters. The van der Waals surface area contributed by atoms with Crippen LogP contribution < -0.4 is 10.6 Å². The first-order valence-corrected chi connectivity index (χ1v) is 8.58. The van der Waals surface area contributed by atoms with Crippen LogP contribution in [0.4, 0.5) is 0 Å². The van der Waals surface area contributed by atoms with E-state index < -0.39 is 24.0 Å². The van der Waals surface area contributed by atoms with Crippen molar-refractivity contribution in [2.24, 2.45) is 5.92 Å². The minimum Gasteiger partial charge on any atom is -0.480 e. The maximum Gasteiger partial charge on any atom is 0.325 e. The smallest absolute Gasteiger partial charge is 0.325 e. The van der Waals surface area contributed by atoms with Crippen LogP contribution in [0.25, 0.3) is 10.8 Å². The Morgan fingerprint density at radius 3 is 2.23 bits per heavy atom. The Morgan fingerprint density at radius 1 is 0.962 bits per heavy atom. The Morgan fingerprint density at radius 2 is 1.62 bits per heavy atom. The van der Waals surface area contributed by atoms with Gasteiger partial charge in [-0.3, -0.25) is 14.4 Å². The van der Waals surface area contributed by atoms with Gasteiger partial charge in [0, 0.05) is 0 Å². The topological polar surface area (TPSA) is 95.5 Å². The van der Waals surface area contributed by atoms with Crippen molar-refractivity contribution in [2.75, 3.05) is 0 Å². The molecule has 6 nitrogen and oxygen atoms in total. The van der Waals surface area contributed by atoms with Gasteiger partial charge in [-0.2, -0.15) is 0 Å². The van der Waals surface area contributed by atoms with E-state index in [9.17, 15) is 14.4 Å². The largest absolute Gasteiger partial charge is 0.480 e. The van der Waals surface area contributed by atoms with E-state index in [4.69, 9.17) is 5.11 Å². The Hall–Kier alpha value is -2.89. The quantitative estimate of drug-likeness (QED) is 0.708. The second-order valence-electron chi connectivity index (χ2n) is 6.72. The number of benzene rings is 2. The molecule has 0 saturated carbocycles. The average Bonchev–Trinajstić information content (AvgIpc) is 2.59. The van der Waals surface area contributed by atoms with E-state index in [1.165, 1.54) is 6.92 Å². The van der Waals surface area contributed by atoms with Crippen molar-refractivity contribution in [3.05, 3.63) is 48.0 Å². The molecule has 6 heteroatoms. The van der Waals surface area contributed by atoms with Gasteiger partial charge < -0.3 is 15.7 Å². The molecule has 0 aliphatic heterocycles. The van der Waals surface area contributed by atoms with Crippen molar-refractivity contribution in [1.82, 2.24) is 10.6 Å². The summed E-state index contributed by atoms with van der Waals surface area (Å²) in [6, 6.07) is 11.9. The van der Waals surface area contributed by atoms with Gasteiger partial charge in [-0.05, 0) is 29.2 Å². The highest BCUT2D eigenvalue weighted by Gasteiger charge is 2.26. The van der Waals surface area contributed by atoms with Crippen LogP contribution >= 0.6 is 0 Å². The fraction of sp³-hybridized carbons (Fsp3) is 0.350. The molecule has 0 aliphatic carbocycles. The zero-order valence-corrected chi connectivity index (χ0v) is 15.2. The summed E-state index contributed by atoms with van der Waals surface area (Å²) in [6.07, 6.45) is 0.149. The molecule has 2 atom stereocenters. The van der Waals surface area contributed by atoms with E-state index in [0.717, 1.165) is 16.3 Å². The highest BCUT2D eigenvalue weighted by Crippen LogP contribution is 2.16. The molecular weight excluding hydrogens is 332 g/mol. The molecule has 0 spiro atoms. The standard InChI is InChI=1S/C20H24N2O4/c1-12(2)18(19(24)21-13(3)20(25)26)22-17(23)11-14-8-9-15-6-4-5-7-16(15)10-14/h4-10,12-13,18H,11H2,1-3H3,(H,21,24)(H,22,23)(H,25,26). The van der Waals surface area contributed by atoms with Crippen LogP contribution in [0, 0.1) is 5.92 Å². The van der Waals surface area contributed by atoms with Crippen molar-refractivity contribution in [3.8, 4) is 0 Å². The summed E-state index contributed by atoms with van der Waals surface area (Å²) in [6.45, 7) is 4.98. The van der Waals surface area contributed by atoms with Crippen molar-refractivity contribution in [3.63, 3.8) is 0 Å². The molecule has 2 aromatic rings. The monoisotopic (exact) mass is 356 g/mol. The van der Waals surface area contributed by atoms with Gasteiger partial charge in [0.25, 0.3) is 0 Å². The third kappa shape index (κ3) is 5.05. The number of hydrogen-bond acceptors (Lipinski definition) is 3. The van der Waals surface area contributed by atoms with Gasteiger partial charge >= 0.3 is 5.97 Å². The fourth-order valence-electron chi connectivity index (χ4n) is 2.66. The Kier molecular flexibility index (Phi) is 6.33. The molecule has 0 radical (unpaired) electrons. The summed E-state index contributed by atoms with van der Waals surface area (Å²) in [4.78, 5) is 35.5. The number of nitrogens with one attached hydrogen (secondary N) is 2. The van der Waals surface area contributed by atoms with Gasteiger partial charge in [-0.15, -0.1) is 0 Å². The first-order valence-electron chi connectivity index (χ1n) is 8.58. The summed E-state index contributed by atoms with van der Waals surface area (Å²) in [5.74, 6) is -2.07. The van der Waals surface area contributed by atoms with Crippen LogP contribution in [-0.4, -0.2) is 35.0 Å². The number of fused-ring (bicyclic) bond motifs is 1. The molecule has 0 saturated heterocycles. The first kappa shape index (κ1) is 19.4. The molecule has 138 valence electrons. The SMILES string of the molecule is CC(NC(=O)C(NC(=O)Cc1ccc2ccccc2c1)C(C)C)C(=O)O. The number of carbonyl (C=O) groups is 3. The van der Waals surface area contributed by atoms with Crippen LogP contribution in [0.15, 0.2) is 42.5 Å². The molecule has 3 N–H and O–H groups in total.